The Morgan fingerprint density at radius 3 is 2.65 bits per heavy atom. The highest BCUT2D eigenvalue weighted by atomic mass is 19.1. The average molecular weight is 276 g/mol. The summed E-state index contributed by atoms with van der Waals surface area (Å²) in [5, 5.41) is 2.58. The minimum Gasteiger partial charge on any atom is -0.396 e. The van der Waals surface area contributed by atoms with E-state index in [-0.39, 0.29) is 23.6 Å². The van der Waals surface area contributed by atoms with Gasteiger partial charge in [-0.3, -0.25) is 4.79 Å². The fraction of sp³-hybridized carbons (Fsp3) is 0.133. The van der Waals surface area contributed by atoms with Gasteiger partial charge in [0, 0.05) is 6.54 Å². The van der Waals surface area contributed by atoms with E-state index in [0.29, 0.717) is 11.1 Å². The number of para-hydroxylation sites is 1. The van der Waals surface area contributed by atoms with E-state index in [1.807, 2.05) is 0 Å². The average Bonchev–Trinajstić information content (AvgIpc) is 2.43. The van der Waals surface area contributed by atoms with E-state index in [4.69, 9.17) is 5.73 Å². The number of nitrogens with two attached hydrogens (primary N) is 1. The first-order valence-electron chi connectivity index (χ1n) is 6.06. The van der Waals surface area contributed by atoms with Gasteiger partial charge in [-0.25, -0.2) is 8.78 Å². The molecule has 0 unspecified atom stereocenters. The van der Waals surface area contributed by atoms with Crippen LogP contribution in [0.2, 0.25) is 0 Å². The topological polar surface area (TPSA) is 55.1 Å². The summed E-state index contributed by atoms with van der Waals surface area (Å²) in [6, 6.07) is 8.72. The third-order valence-corrected chi connectivity index (χ3v) is 2.99. The number of nitrogens with one attached hydrogen (secondary N) is 1. The van der Waals surface area contributed by atoms with E-state index < -0.39 is 11.7 Å². The van der Waals surface area contributed by atoms with Gasteiger partial charge in [0.05, 0.1) is 11.3 Å². The predicted octanol–water partition coefficient (Wildman–Crippen LogP) is 2.79. The van der Waals surface area contributed by atoms with Crippen molar-refractivity contribution in [2.75, 3.05) is 5.73 Å². The van der Waals surface area contributed by atoms with Crippen molar-refractivity contribution in [2.24, 2.45) is 0 Å². The van der Waals surface area contributed by atoms with Gasteiger partial charge in [0.1, 0.15) is 11.6 Å². The molecule has 0 bridgehead atoms. The molecule has 20 heavy (non-hydrogen) atoms. The summed E-state index contributed by atoms with van der Waals surface area (Å²) in [5.74, 6) is -1.47. The summed E-state index contributed by atoms with van der Waals surface area (Å²) in [6.07, 6.45) is 0. The van der Waals surface area contributed by atoms with Crippen LogP contribution < -0.4 is 11.1 Å². The van der Waals surface area contributed by atoms with Crippen LogP contribution in [-0.4, -0.2) is 5.91 Å². The van der Waals surface area contributed by atoms with Crippen molar-refractivity contribution in [1.29, 1.82) is 0 Å². The number of halogens is 2. The minimum absolute atomic E-state index is 0.0672. The number of hydrogen-bond acceptors (Lipinski definition) is 2. The van der Waals surface area contributed by atoms with Gasteiger partial charge < -0.3 is 11.1 Å². The molecular weight excluding hydrogens is 262 g/mol. The Kier molecular flexibility index (Phi) is 3.98. The van der Waals surface area contributed by atoms with Crippen LogP contribution in [0.3, 0.4) is 0 Å². The number of rotatable bonds is 3. The Bertz CT molecular complexity index is 656. The number of carbonyl (C=O) groups is 1. The molecule has 0 spiro atoms. The summed E-state index contributed by atoms with van der Waals surface area (Å²) >= 11 is 0. The Labute approximate surface area is 115 Å². The van der Waals surface area contributed by atoms with E-state index in [0.717, 1.165) is 0 Å². The Morgan fingerprint density at radius 2 is 1.95 bits per heavy atom. The molecule has 1 amide bonds. The van der Waals surface area contributed by atoms with Gasteiger partial charge in [0.25, 0.3) is 5.91 Å². The summed E-state index contributed by atoms with van der Waals surface area (Å²) in [5.41, 5.74) is 6.53. The highest BCUT2D eigenvalue weighted by Gasteiger charge is 2.12. The lowest BCUT2D eigenvalue weighted by atomic mass is 10.1. The standard InChI is InChI=1S/C15H14F2N2O/c1-9-5-6-10(7-13(9)17)8-19-15(20)11-3-2-4-12(16)14(11)18/h2-7H,8,18H2,1H3,(H,19,20). The van der Waals surface area contributed by atoms with Gasteiger partial charge in [0.2, 0.25) is 0 Å². The van der Waals surface area contributed by atoms with Gasteiger partial charge in [-0.1, -0.05) is 18.2 Å². The molecule has 0 aliphatic rings. The predicted molar refractivity (Wildman–Crippen MR) is 73.1 cm³/mol. The molecule has 2 aromatic rings. The van der Waals surface area contributed by atoms with Crippen LogP contribution in [0.4, 0.5) is 14.5 Å². The maximum Gasteiger partial charge on any atom is 0.253 e. The monoisotopic (exact) mass is 276 g/mol. The van der Waals surface area contributed by atoms with Crippen LogP contribution in [0.25, 0.3) is 0 Å². The van der Waals surface area contributed by atoms with Crippen molar-refractivity contribution in [2.45, 2.75) is 13.5 Å². The number of benzene rings is 2. The number of hydrogen-bond donors (Lipinski definition) is 2. The van der Waals surface area contributed by atoms with E-state index in [1.54, 1.807) is 19.1 Å². The molecule has 2 aromatic carbocycles. The fourth-order valence-corrected chi connectivity index (χ4v) is 1.76. The first-order valence-corrected chi connectivity index (χ1v) is 6.06. The minimum atomic E-state index is -0.640. The number of anilines is 1. The lowest BCUT2D eigenvalue weighted by Gasteiger charge is -2.08. The van der Waals surface area contributed by atoms with Crippen LogP contribution in [0.5, 0.6) is 0 Å². The van der Waals surface area contributed by atoms with Gasteiger partial charge in [-0.2, -0.15) is 0 Å². The molecule has 0 atom stereocenters. The van der Waals surface area contributed by atoms with Crippen molar-refractivity contribution in [1.82, 2.24) is 5.32 Å². The highest BCUT2D eigenvalue weighted by Crippen LogP contribution is 2.16. The second-order valence-electron chi connectivity index (χ2n) is 4.47. The molecule has 3 nitrogen and oxygen atoms in total. The molecule has 3 N–H and O–H groups in total. The van der Waals surface area contributed by atoms with Gasteiger partial charge in [0.15, 0.2) is 0 Å². The molecular formula is C15H14F2N2O. The van der Waals surface area contributed by atoms with Gasteiger partial charge in [-0.15, -0.1) is 0 Å². The second kappa shape index (κ2) is 5.69. The molecule has 5 heteroatoms. The lowest BCUT2D eigenvalue weighted by molar-refractivity contribution is 0.0951. The van der Waals surface area contributed by atoms with E-state index in [1.165, 1.54) is 24.3 Å². The molecule has 0 aliphatic carbocycles. The first kappa shape index (κ1) is 14.0. The van der Waals surface area contributed by atoms with Crippen molar-refractivity contribution >= 4 is 11.6 Å². The Hall–Kier alpha value is -2.43. The quantitative estimate of drug-likeness (QED) is 0.847. The van der Waals surface area contributed by atoms with E-state index in [9.17, 15) is 13.6 Å². The molecule has 0 saturated carbocycles. The van der Waals surface area contributed by atoms with Crippen LogP contribution in [0, 0.1) is 18.6 Å². The zero-order valence-electron chi connectivity index (χ0n) is 10.9. The third kappa shape index (κ3) is 2.93. The summed E-state index contributed by atoms with van der Waals surface area (Å²) in [6.45, 7) is 1.80. The Morgan fingerprint density at radius 1 is 1.20 bits per heavy atom. The van der Waals surface area contributed by atoms with Gasteiger partial charge in [-0.05, 0) is 36.2 Å². The highest BCUT2D eigenvalue weighted by molar-refractivity contribution is 5.99. The Balaban J connectivity index is 2.08. The van der Waals surface area contributed by atoms with Crippen LogP contribution in [-0.2, 0) is 6.54 Å². The zero-order chi connectivity index (χ0) is 14.7. The molecule has 0 saturated heterocycles. The summed E-state index contributed by atoms with van der Waals surface area (Å²) in [7, 11) is 0. The molecule has 0 aromatic heterocycles. The number of nitrogen functional groups attached to an aromatic ring is 1. The number of aryl methyl sites for hydroxylation is 1. The lowest BCUT2D eigenvalue weighted by Crippen LogP contribution is -2.24. The number of carbonyl (C=O) groups excluding carboxylic acids is 1. The molecule has 104 valence electrons. The van der Waals surface area contributed by atoms with E-state index in [2.05, 4.69) is 5.32 Å². The second-order valence-corrected chi connectivity index (χ2v) is 4.47. The molecule has 0 heterocycles. The normalized spacial score (nSPS) is 10.3. The van der Waals surface area contributed by atoms with Crippen molar-refractivity contribution in [3.8, 4) is 0 Å². The van der Waals surface area contributed by atoms with Crippen LogP contribution in [0.1, 0.15) is 21.5 Å². The summed E-state index contributed by atoms with van der Waals surface area (Å²) < 4.78 is 26.6. The SMILES string of the molecule is Cc1ccc(CNC(=O)c2cccc(F)c2N)cc1F. The molecule has 0 fully saturated rings. The molecule has 0 aliphatic heterocycles. The molecule has 0 radical (unpaired) electrons. The van der Waals surface area contributed by atoms with Gasteiger partial charge >= 0.3 is 0 Å². The molecule has 2 rings (SSSR count). The third-order valence-electron chi connectivity index (χ3n) is 2.99. The maximum absolute atomic E-state index is 13.4. The first-order chi connectivity index (χ1) is 9.49. The zero-order valence-corrected chi connectivity index (χ0v) is 10.9. The smallest absolute Gasteiger partial charge is 0.253 e. The maximum atomic E-state index is 13.4. The van der Waals surface area contributed by atoms with E-state index >= 15 is 0 Å². The van der Waals surface area contributed by atoms with Crippen molar-refractivity contribution < 1.29 is 13.6 Å². The van der Waals surface area contributed by atoms with Crippen LogP contribution in [0.15, 0.2) is 36.4 Å². The van der Waals surface area contributed by atoms with Crippen molar-refractivity contribution in [3.63, 3.8) is 0 Å². The van der Waals surface area contributed by atoms with Crippen LogP contribution >= 0.6 is 0 Å². The largest absolute Gasteiger partial charge is 0.396 e. The van der Waals surface area contributed by atoms with Crippen molar-refractivity contribution in [3.05, 3.63) is 64.7 Å². The summed E-state index contributed by atoms with van der Waals surface area (Å²) in [4.78, 5) is 11.9. The fourth-order valence-electron chi connectivity index (χ4n) is 1.76. The number of amides is 1.